The lowest BCUT2D eigenvalue weighted by atomic mass is 9.89. The fourth-order valence-corrected chi connectivity index (χ4v) is 3.12. The second-order valence-electron chi connectivity index (χ2n) is 6.68. The van der Waals surface area contributed by atoms with Crippen molar-refractivity contribution in [3.05, 3.63) is 71.9 Å². The van der Waals surface area contributed by atoms with Gasteiger partial charge in [-0.25, -0.2) is 0 Å². The smallest absolute Gasteiger partial charge is 0.0456 e. The fraction of sp³-hybridized carbons (Fsp3) is 0.333. The Morgan fingerprint density at radius 1 is 0.957 bits per heavy atom. The number of H-pyrrole nitrogens is 1. The zero-order chi connectivity index (χ0) is 16.1. The van der Waals surface area contributed by atoms with Gasteiger partial charge in [0.15, 0.2) is 0 Å². The Balaban J connectivity index is 1.63. The predicted molar refractivity (Wildman–Crippen MR) is 98.5 cm³/mol. The average molecular weight is 306 g/mol. The van der Waals surface area contributed by atoms with Crippen molar-refractivity contribution >= 4 is 10.9 Å². The molecule has 0 amide bonds. The topological polar surface area (TPSA) is 27.8 Å². The van der Waals surface area contributed by atoms with Crippen molar-refractivity contribution in [3.63, 3.8) is 0 Å². The number of benzene rings is 2. The number of rotatable bonds is 7. The summed E-state index contributed by atoms with van der Waals surface area (Å²) in [7, 11) is 0. The van der Waals surface area contributed by atoms with E-state index < -0.39 is 0 Å². The van der Waals surface area contributed by atoms with Crippen LogP contribution in [-0.4, -0.2) is 11.5 Å². The van der Waals surface area contributed by atoms with Crippen LogP contribution in [0.5, 0.6) is 0 Å². The molecule has 3 aromatic rings. The summed E-state index contributed by atoms with van der Waals surface area (Å²) in [6, 6.07) is 19.2. The first-order valence-corrected chi connectivity index (χ1v) is 8.53. The van der Waals surface area contributed by atoms with E-state index in [1.165, 1.54) is 22.0 Å². The van der Waals surface area contributed by atoms with Gasteiger partial charge in [0.05, 0.1) is 0 Å². The van der Waals surface area contributed by atoms with Gasteiger partial charge in [0.25, 0.3) is 0 Å². The first-order chi connectivity index (χ1) is 11.2. The molecule has 3 rings (SSSR count). The molecular formula is C21H26N2. The van der Waals surface area contributed by atoms with Gasteiger partial charge in [-0.3, -0.25) is 0 Å². The third-order valence-corrected chi connectivity index (χ3v) is 4.68. The summed E-state index contributed by atoms with van der Waals surface area (Å²) < 4.78 is 0. The maximum absolute atomic E-state index is 3.63. The summed E-state index contributed by atoms with van der Waals surface area (Å²) in [4.78, 5) is 3.39. The van der Waals surface area contributed by atoms with Crippen LogP contribution < -0.4 is 5.32 Å². The van der Waals surface area contributed by atoms with E-state index in [0.717, 1.165) is 19.5 Å². The van der Waals surface area contributed by atoms with Crippen molar-refractivity contribution in [1.29, 1.82) is 0 Å². The van der Waals surface area contributed by atoms with Crippen molar-refractivity contribution in [2.75, 3.05) is 6.54 Å². The van der Waals surface area contributed by atoms with Crippen LogP contribution in [-0.2, 0) is 13.0 Å². The van der Waals surface area contributed by atoms with E-state index in [-0.39, 0.29) is 0 Å². The van der Waals surface area contributed by atoms with E-state index >= 15 is 0 Å². The Kier molecular flexibility index (Phi) is 5.14. The molecule has 2 aromatic carbocycles. The van der Waals surface area contributed by atoms with Crippen molar-refractivity contribution in [3.8, 4) is 0 Å². The maximum Gasteiger partial charge on any atom is 0.0456 e. The minimum atomic E-state index is 0.637. The first kappa shape index (κ1) is 15.8. The number of hydrogen-bond donors (Lipinski definition) is 2. The number of aromatic amines is 1. The Morgan fingerprint density at radius 2 is 1.70 bits per heavy atom. The van der Waals surface area contributed by atoms with Crippen LogP contribution in [0.3, 0.4) is 0 Å². The third kappa shape index (κ3) is 4.02. The molecule has 0 fully saturated rings. The van der Waals surface area contributed by atoms with Crippen molar-refractivity contribution in [2.45, 2.75) is 26.8 Å². The Labute approximate surface area is 138 Å². The standard InChI is InChI=1S/C21H26N2/c1-16(2)18(14-22-13-17-8-4-3-5-9-17)12-19-15-23-21-11-7-6-10-20(19)21/h3-11,15-16,18,22-23H,12-14H2,1-2H3. The van der Waals surface area contributed by atoms with Crippen molar-refractivity contribution in [2.24, 2.45) is 11.8 Å². The third-order valence-electron chi connectivity index (χ3n) is 4.68. The Morgan fingerprint density at radius 3 is 2.48 bits per heavy atom. The zero-order valence-electron chi connectivity index (χ0n) is 14.0. The summed E-state index contributed by atoms with van der Waals surface area (Å²) in [6.45, 7) is 6.64. The summed E-state index contributed by atoms with van der Waals surface area (Å²) in [6.07, 6.45) is 3.29. The summed E-state index contributed by atoms with van der Waals surface area (Å²) in [5.74, 6) is 1.30. The van der Waals surface area contributed by atoms with Gasteiger partial charge < -0.3 is 10.3 Å². The van der Waals surface area contributed by atoms with Crippen LogP contribution in [0.15, 0.2) is 60.8 Å². The van der Waals surface area contributed by atoms with Crippen LogP contribution in [0.4, 0.5) is 0 Å². The molecule has 120 valence electrons. The highest BCUT2D eigenvalue weighted by atomic mass is 14.9. The lowest BCUT2D eigenvalue weighted by Crippen LogP contribution is -2.27. The molecule has 2 N–H and O–H groups in total. The minimum absolute atomic E-state index is 0.637. The highest BCUT2D eigenvalue weighted by molar-refractivity contribution is 5.83. The van der Waals surface area contributed by atoms with E-state index in [2.05, 4.69) is 84.9 Å². The fourth-order valence-electron chi connectivity index (χ4n) is 3.12. The van der Waals surface area contributed by atoms with Gasteiger partial charge in [0.2, 0.25) is 0 Å². The van der Waals surface area contributed by atoms with Crippen LogP contribution in [0.1, 0.15) is 25.0 Å². The van der Waals surface area contributed by atoms with Crippen LogP contribution in [0.2, 0.25) is 0 Å². The molecule has 2 heteroatoms. The summed E-state index contributed by atoms with van der Waals surface area (Å²) >= 11 is 0. The van der Waals surface area contributed by atoms with E-state index in [1.807, 2.05) is 0 Å². The molecule has 0 aliphatic heterocycles. The van der Waals surface area contributed by atoms with Gasteiger partial charge in [0, 0.05) is 23.6 Å². The van der Waals surface area contributed by atoms with Gasteiger partial charge >= 0.3 is 0 Å². The van der Waals surface area contributed by atoms with E-state index in [9.17, 15) is 0 Å². The van der Waals surface area contributed by atoms with Crippen LogP contribution in [0.25, 0.3) is 10.9 Å². The van der Waals surface area contributed by atoms with E-state index in [4.69, 9.17) is 0 Å². The number of fused-ring (bicyclic) bond motifs is 1. The molecule has 0 saturated heterocycles. The molecule has 0 saturated carbocycles. The summed E-state index contributed by atoms with van der Waals surface area (Å²) in [5, 5.41) is 5.00. The number of para-hydroxylation sites is 1. The molecule has 0 aliphatic rings. The predicted octanol–water partition coefficient (Wildman–Crippen LogP) is 4.77. The highest BCUT2D eigenvalue weighted by Crippen LogP contribution is 2.23. The second kappa shape index (κ2) is 7.47. The summed E-state index contributed by atoms with van der Waals surface area (Å²) in [5.41, 5.74) is 4.02. The lowest BCUT2D eigenvalue weighted by molar-refractivity contribution is 0.360. The average Bonchev–Trinajstić information content (AvgIpc) is 2.98. The molecule has 1 aromatic heterocycles. The van der Waals surface area contributed by atoms with Gasteiger partial charge in [-0.1, -0.05) is 62.4 Å². The number of nitrogens with one attached hydrogen (secondary N) is 2. The minimum Gasteiger partial charge on any atom is -0.361 e. The highest BCUT2D eigenvalue weighted by Gasteiger charge is 2.16. The molecule has 1 heterocycles. The van der Waals surface area contributed by atoms with Gasteiger partial charge in [-0.15, -0.1) is 0 Å². The van der Waals surface area contributed by atoms with Gasteiger partial charge in [0.1, 0.15) is 0 Å². The van der Waals surface area contributed by atoms with Gasteiger partial charge in [-0.05, 0) is 42.0 Å². The largest absolute Gasteiger partial charge is 0.361 e. The van der Waals surface area contributed by atoms with Gasteiger partial charge in [-0.2, -0.15) is 0 Å². The van der Waals surface area contributed by atoms with Crippen LogP contribution >= 0.6 is 0 Å². The quantitative estimate of drug-likeness (QED) is 0.646. The lowest BCUT2D eigenvalue weighted by Gasteiger charge is -2.21. The Bertz CT molecular complexity index is 728. The molecule has 0 bridgehead atoms. The van der Waals surface area contributed by atoms with Crippen molar-refractivity contribution < 1.29 is 0 Å². The molecule has 2 nitrogen and oxygen atoms in total. The van der Waals surface area contributed by atoms with E-state index in [1.54, 1.807) is 0 Å². The zero-order valence-corrected chi connectivity index (χ0v) is 14.0. The molecule has 0 radical (unpaired) electrons. The Hall–Kier alpha value is -2.06. The molecule has 1 unspecified atom stereocenters. The molecule has 0 spiro atoms. The molecular weight excluding hydrogens is 280 g/mol. The van der Waals surface area contributed by atoms with E-state index in [0.29, 0.717) is 11.8 Å². The SMILES string of the molecule is CC(C)C(CNCc1ccccc1)Cc1c[nH]c2ccccc12. The number of hydrogen-bond acceptors (Lipinski definition) is 1. The monoisotopic (exact) mass is 306 g/mol. The normalized spacial score (nSPS) is 12.8. The van der Waals surface area contributed by atoms with Crippen LogP contribution in [0, 0.1) is 11.8 Å². The molecule has 23 heavy (non-hydrogen) atoms. The second-order valence-corrected chi connectivity index (χ2v) is 6.68. The molecule has 1 atom stereocenters. The number of aromatic nitrogens is 1. The molecule has 0 aliphatic carbocycles. The first-order valence-electron chi connectivity index (χ1n) is 8.53. The maximum atomic E-state index is 3.63. The van der Waals surface area contributed by atoms with Crippen molar-refractivity contribution in [1.82, 2.24) is 10.3 Å².